The van der Waals surface area contributed by atoms with Gasteiger partial charge in [0.05, 0.1) is 10.7 Å². The maximum atomic E-state index is 6.26. The first kappa shape index (κ1) is 13.7. The van der Waals surface area contributed by atoms with Crippen molar-refractivity contribution in [2.45, 2.75) is 6.54 Å². The van der Waals surface area contributed by atoms with Gasteiger partial charge in [0.25, 0.3) is 0 Å². The monoisotopic (exact) mass is 258 g/mol. The Bertz CT molecular complexity index is 331. The summed E-state index contributed by atoms with van der Waals surface area (Å²) >= 11 is 8.11. The van der Waals surface area contributed by atoms with Crippen LogP contribution in [0.2, 0.25) is 5.02 Å². The summed E-state index contributed by atoms with van der Waals surface area (Å²) in [6.07, 6.45) is 2.12. The largest absolute Gasteiger partial charge is 0.372 e. The number of benzene rings is 1. The van der Waals surface area contributed by atoms with Crippen LogP contribution in [0.5, 0.6) is 0 Å². The van der Waals surface area contributed by atoms with Crippen molar-refractivity contribution in [3.05, 3.63) is 28.8 Å². The van der Waals surface area contributed by atoms with Gasteiger partial charge in [0.2, 0.25) is 0 Å². The van der Waals surface area contributed by atoms with E-state index in [1.54, 1.807) is 0 Å². The van der Waals surface area contributed by atoms with E-state index in [-0.39, 0.29) is 0 Å². The van der Waals surface area contributed by atoms with Gasteiger partial charge in [-0.05, 0) is 24.9 Å². The van der Waals surface area contributed by atoms with Gasteiger partial charge >= 0.3 is 0 Å². The summed E-state index contributed by atoms with van der Waals surface area (Å²) in [5, 5.41) is 4.00. The molecule has 2 nitrogen and oxygen atoms in total. The number of halogens is 1. The summed E-state index contributed by atoms with van der Waals surface area (Å²) < 4.78 is 0. The van der Waals surface area contributed by atoms with Gasteiger partial charge in [-0.1, -0.05) is 23.7 Å². The lowest BCUT2D eigenvalue weighted by atomic mass is 10.1. The van der Waals surface area contributed by atoms with Crippen molar-refractivity contribution in [1.29, 1.82) is 0 Å². The minimum absolute atomic E-state index is 0.830. The Morgan fingerprint density at radius 1 is 1.44 bits per heavy atom. The molecule has 1 rings (SSSR count). The number of nitrogens with zero attached hydrogens (tertiary/aromatic N) is 1. The Morgan fingerprint density at radius 3 is 2.81 bits per heavy atom. The molecule has 0 fully saturated rings. The van der Waals surface area contributed by atoms with E-state index in [0.717, 1.165) is 29.6 Å². The van der Waals surface area contributed by atoms with Gasteiger partial charge in [0.15, 0.2) is 0 Å². The minimum Gasteiger partial charge on any atom is -0.372 e. The first-order valence-corrected chi connectivity index (χ1v) is 7.10. The van der Waals surface area contributed by atoms with Crippen LogP contribution in [0, 0.1) is 0 Å². The number of para-hydroxylation sites is 1. The molecule has 16 heavy (non-hydrogen) atoms. The van der Waals surface area contributed by atoms with Crippen molar-refractivity contribution in [3.8, 4) is 0 Å². The Hall–Kier alpha value is -0.380. The highest BCUT2D eigenvalue weighted by atomic mass is 35.5. The zero-order chi connectivity index (χ0) is 12.0. The van der Waals surface area contributed by atoms with Crippen LogP contribution in [0.25, 0.3) is 0 Å². The zero-order valence-corrected chi connectivity index (χ0v) is 11.7. The van der Waals surface area contributed by atoms with Crippen molar-refractivity contribution < 1.29 is 0 Å². The normalized spacial score (nSPS) is 10.5. The molecule has 0 unspecified atom stereocenters. The fourth-order valence-electron chi connectivity index (χ4n) is 1.66. The average Bonchev–Trinajstić information content (AvgIpc) is 2.26. The number of rotatable bonds is 6. The van der Waals surface area contributed by atoms with Gasteiger partial charge in [-0.25, -0.2) is 0 Å². The van der Waals surface area contributed by atoms with Crippen LogP contribution < -0.4 is 10.2 Å². The van der Waals surface area contributed by atoms with Gasteiger partial charge < -0.3 is 10.2 Å². The van der Waals surface area contributed by atoms with E-state index in [0.29, 0.717) is 0 Å². The third-order valence-corrected chi connectivity index (χ3v) is 3.35. The van der Waals surface area contributed by atoms with Gasteiger partial charge in [0.1, 0.15) is 0 Å². The second-order valence-electron chi connectivity index (χ2n) is 3.69. The topological polar surface area (TPSA) is 15.3 Å². The Labute approximate surface area is 107 Å². The van der Waals surface area contributed by atoms with E-state index in [4.69, 9.17) is 11.6 Å². The molecule has 0 aliphatic rings. The average molecular weight is 259 g/mol. The van der Waals surface area contributed by atoms with Crippen molar-refractivity contribution in [2.75, 3.05) is 37.5 Å². The Morgan fingerprint density at radius 2 is 2.19 bits per heavy atom. The molecule has 0 bridgehead atoms. The third kappa shape index (κ3) is 3.58. The molecule has 0 saturated heterocycles. The minimum atomic E-state index is 0.830. The smallest absolute Gasteiger partial charge is 0.0642 e. The molecule has 0 saturated carbocycles. The van der Waals surface area contributed by atoms with E-state index in [9.17, 15) is 0 Å². The molecule has 1 N–H and O–H groups in total. The van der Waals surface area contributed by atoms with E-state index < -0.39 is 0 Å². The third-order valence-electron chi connectivity index (χ3n) is 2.45. The van der Waals surface area contributed by atoms with Crippen LogP contribution in [-0.2, 0) is 6.54 Å². The molecule has 90 valence electrons. The van der Waals surface area contributed by atoms with Crippen molar-refractivity contribution in [2.24, 2.45) is 0 Å². The Balaban J connectivity index is 2.90. The van der Waals surface area contributed by atoms with Crippen molar-refractivity contribution in [1.82, 2.24) is 5.32 Å². The molecule has 1 aromatic carbocycles. The first-order chi connectivity index (χ1) is 7.70. The molecule has 0 spiro atoms. The SMILES string of the molecule is CNCc1cccc(Cl)c1N(C)CCSC. The van der Waals surface area contributed by atoms with Gasteiger partial charge in [-0.3, -0.25) is 0 Å². The number of hydrogen-bond donors (Lipinski definition) is 1. The lowest BCUT2D eigenvalue weighted by Crippen LogP contribution is -2.23. The van der Waals surface area contributed by atoms with Crippen LogP contribution >= 0.6 is 23.4 Å². The molecule has 0 aromatic heterocycles. The summed E-state index contributed by atoms with van der Waals surface area (Å²) in [6.45, 7) is 1.86. The lowest BCUT2D eigenvalue weighted by Gasteiger charge is -2.23. The maximum absolute atomic E-state index is 6.26. The molecule has 4 heteroatoms. The molecule has 0 heterocycles. The predicted molar refractivity (Wildman–Crippen MR) is 75.9 cm³/mol. The molecule has 0 amide bonds. The fraction of sp³-hybridized carbons (Fsp3) is 0.500. The molecule has 1 aromatic rings. The number of nitrogens with one attached hydrogen (secondary N) is 1. The molecule has 0 radical (unpaired) electrons. The highest BCUT2D eigenvalue weighted by Gasteiger charge is 2.10. The second-order valence-corrected chi connectivity index (χ2v) is 5.09. The summed E-state index contributed by atoms with van der Waals surface area (Å²) in [5.74, 6) is 1.11. The molecule has 0 aliphatic carbocycles. The number of hydrogen-bond acceptors (Lipinski definition) is 3. The van der Waals surface area contributed by atoms with Crippen molar-refractivity contribution >= 4 is 29.1 Å². The summed E-state index contributed by atoms with van der Waals surface area (Å²) in [4.78, 5) is 2.23. The second kappa shape index (κ2) is 7.05. The molecule has 0 atom stereocenters. The van der Waals surface area contributed by atoms with Gasteiger partial charge in [0, 0.05) is 25.9 Å². The highest BCUT2D eigenvalue weighted by molar-refractivity contribution is 7.98. The first-order valence-electron chi connectivity index (χ1n) is 5.32. The van der Waals surface area contributed by atoms with Crippen LogP contribution in [0.4, 0.5) is 5.69 Å². The zero-order valence-electron chi connectivity index (χ0n) is 10.1. The van der Waals surface area contributed by atoms with Crippen LogP contribution in [0.3, 0.4) is 0 Å². The van der Waals surface area contributed by atoms with Crippen LogP contribution in [0.1, 0.15) is 5.56 Å². The highest BCUT2D eigenvalue weighted by Crippen LogP contribution is 2.29. The summed E-state index contributed by atoms with van der Waals surface area (Å²) in [6, 6.07) is 6.07. The lowest BCUT2D eigenvalue weighted by molar-refractivity contribution is 0.810. The number of thioether (sulfide) groups is 1. The number of anilines is 1. The summed E-state index contributed by atoms with van der Waals surface area (Å²) in [5.41, 5.74) is 2.39. The van der Waals surface area contributed by atoms with Gasteiger partial charge in [-0.2, -0.15) is 11.8 Å². The van der Waals surface area contributed by atoms with E-state index in [1.807, 2.05) is 30.9 Å². The van der Waals surface area contributed by atoms with E-state index >= 15 is 0 Å². The van der Waals surface area contributed by atoms with Crippen molar-refractivity contribution in [3.63, 3.8) is 0 Å². The maximum Gasteiger partial charge on any atom is 0.0642 e. The molecule has 0 aliphatic heterocycles. The Kier molecular flexibility index (Phi) is 6.03. The molecular formula is C12H19ClN2S. The van der Waals surface area contributed by atoms with Crippen LogP contribution in [-0.4, -0.2) is 32.6 Å². The van der Waals surface area contributed by atoms with E-state index in [2.05, 4.69) is 29.6 Å². The predicted octanol–water partition coefficient (Wildman–Crippen LogP) is 2.86. The fourth-order valence-corrected chi connectivity index (χ4v) is 2.46. The van der Waals surface area contributed by atoms with E-state index in [1.165, 1.54) is 5.56 Å². The standard InChI is InChI=1S/C12H19ClN2S/c1-14-9-10-5-4-6-11(13)12(10)15(2)7-8-16-3/h4-6,14H,7-9H2,1-3H3. The van der Waals surface area contributed by atoms with Gasteiger partial charge in [-0.15, -0.1) is 0 Å². The summed E-state index contributed by atoms with van der Waals surface area (Å²) in [7, 11) is 4.04. The van der Waals surface area contributed by atoms with Crippen LogP contribution in [0.15, 0.2) is 18.2 Å². The molecular weight excluding hydrogens is 240 g/mol. The quantitative estimate of drug-likeness (QED) is 0.845.